The molecule has 2 atom stereocenters. The fraction of sp³-hybridized carbons (Fsp3) is 0.412. The molecule has 0 spiro atoms. The lowest BCUT2D eigenvalue weighted by molar-refractivity contribution is 0.0466. The van der Waals surface area contributed by atoms with E-state index in [0.717, 1.165) is 24.9 Å². The number of aromatic nitrogens is 1. The van der Waals surface area contributed by atoms with Crippen molar-refractivity contribution in [2.24, 2.45) is 5.92 Å². The van der Waals surface area contributed by atoms with Crippen LogP contribution in [-0.4, -0.2) is 40.1 Å². The molecule has 1 saturated heterocycles. The molecule has 3 rings (SSSR count). The predicted octanol–water partition coefficient (Wildman–Crippen LogP) is 2.57. The molecule has 2 aromatic rings. The lowest BCUT2D eigenvalue weighted by Gasteiger charge is -2.34. The van der Waals surface area contributed by atoms with Gasteiger partial charge in [-0.05, 0) is 31.9 Å². The minimum Gasteiger partial charge on any atom is -0.444 e. The molecule has 5 nitrogen and oxygen atoms in total. The number of amides is 1. The van der Waals surface area contributed by atoms with Crippen LogP contribution in [0.25, 0.3) is 11.3 Å². The molecule has 22 heavy (non-hydrogen) atoms. The highest BCUT2D eigenvalue weighted by Crippen LogP contribution is 2.23. The molecule has 0 radical (unpaired) electrons. The van der Waals surface area contributed by atoms with Crippen LogP contribution in [0, 0.1) is 5.92 Å². The lowest BCUT2D eigenvalue weighted by Crippen LogP contribution is -2.42. The molecule has 2 heterocycles. The molecule has 1 amide bonds. The molecule has 0 aliphatic carbocycles. The highest BCUT2D eigenvalue weighted by atomic mass is 16.3. The molecule has 5 heteroatoms. The molecule has 1 aromatic carbocycles. The first-order chi connectivity index (χ1) is 10.6. The minimum absolute atomic E-state index is 0.0227. The SMILES string of the molecule is CC(O)C1CCCN(C(=O)c2ccc(-c3cnco3)cc2)C1. The summed E-state index contributed by atoms with van der Waals surface area (Å²) in [5.41, 5.74) is 1.56. The van der Waals surface area contributed by atoms with E-state index >= 15 is 0 Å². The van der Waals surface area contributed by atoms with E-state index in [2.05, 4.69) is 4.98 Å². The smallest absolute Gasteiger partial charge is 0.253 e. The van der Waals surface area contributed by atoms with Gasteiger partial charge in [-0.25, -0.2) is 4.98 Å². The van der Waals surface area contributed by atoms with Crippen molar-refractivity contribution in [3.63, 3.8) is 0 Å². The number of oxazole rings is 1. The second-order valence-electron chi connectivity index (χ2n) is 5.84. The summed E-state index contributed by atoms with van der Waals surface area (Å²) < 4.78 is 5.24. The van der Waals surface area contributed by atoms with Gasteiger partial charge in [0.1, 0.15) is 0 Å². The van der Waals surface area contributed by atoms with E-state index in [0.29, 0.717) is 17.9 Å². The summed E-state index contributed by atoms with van der Waals surface area (Å²) in [5, 5.41) is 9.73. The van der Waals surface area contributed by atoms with E-state index in [-0.39, 0.29) is 17.9 Å². The number of aliphatic hydroxyl groups is 1. The number of carbonyl (C=O) groups excluding carboxylic acids is 1. The fourth-order valence-corrected chi connectivity index (χ4v) is 2.91. The van der Waals surface area contributed by atoms with Gasteiger partial charge in [0.05, 0.1) is 12.3 Å². The maximum Gasteiger partial charge on any atom is 0.253 e. The molecule has 1 N–H and O–H groups in total. The van der Waals surface area contributed by atoms with E-state index < -0.39 is 0 Å². The first-order valence-corrected chi connectivity index (χ1v) is 7.61. The zero-order valence-corrected chi connectivity index (χ0v) is 12.6. The summed E-state index contributed by atoms with van der Waals surface area (Å²) in [7, 11) is 0. The van der Waals surface area contributed by atoms with Gasteiger partial charge in [0.2, 0.25) is 0 Å². The Hall–Kier alpha value is -2.14. The number of piperidine rings is 1. The van der Waals surface area contributed by atoms with Gasteiger partial charge in [-0.1, -0.05) is 12.1 Å². The Morgan fingerprint density at radius 3 is 2.82 bits per heavy atom. The monoisotopic (exact) mass is 300 g/mol. The van der Waals surface area contributed by atoms with Gasteiger partial charge in [0.25, 0.3) is 5.91 Å². The molecule has 0 saturated carbocycles. The molecule has 0 bridgehead atoms. The quantitative estimate of drug-likeness (QED) is 0.946. The average Bonchev–Trinajstić information content (AvgIpc) is 3.09. The van der Waals surface area contributed by atoms with Crippen LogP contribution in [0.5, 0.6) is 0 Å². The van der Waals surface area contributed by atoms with Crippen molar-refractivity contribution >= 4 is 5.91 Å². The minimum atomic E-state index is -0.371. The Kier molecular flexibility index (Phi) is 4.24. The van der Waals surface area contributed by atoms with Gasteiger partial charge in [0.15, 0.2) is 12.2 Å². The van der Waals surface area contributed by atoms with Crippen molar-refractivity contribution in [2.75, 3.05) is 13.1 Å². The van der Waals surface area contributed by atoms with Gasteiger partial charge < -0.3 is 14.4 Å². The topological polar surface area (TPSA) is 66.6 Å². The number of aliphatic hydroxyl groups excluding tert-OH is 1. The Labute approximate surface area is 129 Å². The number of carbonyl (C=O) groups is 1. The number of benzene rings is 1. The van der Waals surface area contributed by atoms with Crippen molar-refractivity contribution in [3.05, 3.63) is 42.4 Å². The molecular weight excluding hydrogens is 280 g/mol. The summed E-state index contributed by atoms with van der Waals surface area (Å²) in [5.74, 6) is 0.881. The van der Waals surface area contributed by atoms with Crippen molar-refractivity contribution < 1.29 is 14.3 Å². The van der Waals surface area contributed by atoms with E-state index in [4.69, 9.17) is 4.42 Å². The average molecular weight is 300 g/mol. The van der Waals surface area contributed by atoms with Crippen molar-refractivity contribution in [1.29, 1.82) is 0 Å². The standard InChI is InChI=1S/C17H20N2O3/c1-12(20)15-3-2-8-19(10-15)17(21)14-6-4-13(5-7-14)16-9-18-11-22-16/h4-7,9,11-12,15,20H,2-3,8,10H2,1H3. The number of hydrogen-bond donors (Lipinski definition) is 1. The fourth-order valence-electron chi connectivity index (χ4n) is 2.91. The van der Waals surface area contributed by atoms with Crippen LogP contribution in [0.1, 0.15) is 30.1 Å². The number of hydrogen-bond acceptors (Lipinski definition) is 4. The molecule has 116 valence electrons. The van der Waals surface area contributed by atoms with Crippen LogP contribution >= 0.6 is 0 Å². The molecule has 1 aliphatic rings. The maximum atomic E-state index is 12.6. The van der Waals surface area contributed by atoms with E-state index in [1.54, 1.807) is 13.1 Å². The molecular formula is C17H20N2O3. The molecule has 1 aromatic heterocycles. The summed E-state index contributed by atoms with van der Waals surface area (Å²) in [6, 6.07) is 7.35. The third-order valence-electron chi connectivity index (χ3n) is 4.28. The van der Waals surface area contributed by atoms with Gasteiger partial charge >= 0.3 is 0 Å². The second kappa shape index (κ2) is 6.32. The third kappa shape index (κ3) is 3.04. The van der Waals surface area contributed by atoms with Gasteiger partial charge in [-0.3, -0.25) is 4.79 Å². The largest absolute Gasteiger partial charge is 0.444 e. The third-order valence-corrected chi connectivity index (χ3v) is 4.28. The van der Waals surface area contributed by atoms with Crippen LogP contribution in [-0.2, 0) is 0 Å². The van der Waals surface area contributed by atoms with Crippen molar-refractivity contribution in [1.82, 2.24) is 9.88 Å². The summed E-state index contributed by atoms with van der Waals surface area (Å²) in [6.07, 6.45) is 4.58. The van der Waals surface area contributed by atoms with Crippen LogP contribution in [0.15, 0.2) is 41.3 Å². The second-order valence-corrected chi connectivity index (χ2v) is 5.84. The summed E-state index contributed by atoms with van der Waals surface area (Å²) in [4.78, 5) is 18.3. The van der Waals surface area contributed by atoms with E-state index in [1.807, 2.05) is 29.2 Å². The zero-order valence-electron chi connectivity index (χ0n) is 12.6. The van der Waals surface area contributed by atoms with E-state index in [1.165, 1.54) is 6.39 Å². The van der Waals surface area contributed by atoms with Crippen LogP contribution in [0.3, 0.4) is 0 Å². The number of rotatable bonds is 3. The first kappa shape index (κ1) is 14.8. The van der Waals surface area contributed by atoms with Gasteiger partial charge in [-0.15, -0.1) is 0 Å². The maximum absolute atomic E-state index is 12.6. The Morgan fingerprint density at radius 1 is 1.41 bits per heavy atom. The highest BCUT2D eigenvalue weighted by Gasteiger charge is 2.27. The first-order valence-electron chi connectivity index (χ1n) is 7.61. The van der Waals surface area contributed by atoms with Crippen LogP contribution in [0.2, 0.25) is 0 Å². The number of nitrogens with zero attached hydrogens (tertiary/aromatic N) is 2. The van der Waals surface area contributed by atoms with Gasteiger partial charge in [-0.2, -0.15) is 0 Å². The summed E-state index contributed by atoms with van der Waals surface area (Å²) in [6.45, 7) is 3.18. The Morgan fingerprint density at radius 2 is 2.18 bits per heavy atom. The van der Waals surface area contributed by atoms with Gasteiger partial charge in [0, 0.05) is 30.1 Å². The van der Waals surface area contributed by atoms with Crippen molar-refractivity contribution in [2.45, 2.75) is 25.9 Å². The Bertz CT molecular complexity index is 620. The highest BCUT2D eigenvalue weighted by molar-refractivity contribution is 5.94. The lowest BCUT2D eigenvalue weighted by atomic mass is 9.93. The van der Waals surface area contributed by atoms with Crippen LogP contribution in [0.4, 0.5) is 0 Å². The van der Waals surface area contributed by atoms with Crippen LogP contribution < -0.4 is 0 Å². The van der Waals surface area contributed by atoms with E-state index in [9.17, 15) is 9.90 Å². The zero-order chi connectivity index (χ0) is 15.5. The summed E-state index contributed by atoms with van der Waals surface area (Å²) >= 11 is 0. The number of likely N-dealkylation sites (tertiary alicyclic amines) is 1. The molecule has 1 aliphatic heterocycles. The Balaban J connectivity index is 1.72. The molecule has 1 fully saturated rings. The predicted molar refractivity (Wildman–Crippen MR) is 82.2 cm³/mol. The molecule has 2 unspecified atom stereocenters. The normalized spacial score (nSPS) is 19.9. The van der Waals surface area contributed by atoms with Crippen molar-refractivity contribution in [3.8, 4) is 11.3 Å².